The van der Waals surface area contributed by atoms with Crippen molar-refractivity contribution in [3.63, 3.8) is 0 Å². The zero-order chi connectivity index (χ0) is 22.3. The van der Waals surface area contributed by atoms with Crippen LogP contribution in [0.3, 0.4) is 0 Å². The fourth-order valence-corrected chi connectivity index (χ4v) is 6.11. The molecular weight excluding hydrogens is 421 g/mol. The number of nitrogens with zero attached hydrogens (tertiary/aromatic N) is 2. The molecule has 2 unspecified atom stereocenters. The number of hydrogen-bond donors (Lipinski definition) is 1. The van der Waals surface area contributed by atoms with Crippen LogP contribution in [0.5, 0.6) is 0 Å². The summed E-state index contributed by atoms with van der Waals surface area (Å²) in [6.45, 7) is 3.03. The summed E-state index contributed by atoms with van der Waals surface area (Å²) < 4.78 is 42.5. The first-order valence-electron chi connectivity index (χ1n) is 10.1. The minimum Gasteiger partial charge on any atom is -0.325 e. The number of carbonyl (C=O) groups is 2. The summed E-state index contributed by atoms with van der Waals surface area (Å²) in [5, 5.41) is 2.52. The number of halogens is 1. The van der Waals surface area contributed by atoms with Crippen LogP contribution < -0.4 is 10.2 Å². The van der Waals surface area contributed by atoms with Gasteiger partial charge in [-0.3, -0.25) is 9.59 Å². The maximum absolute atomic E-state index is 14.5. The molecule has 7 nitrogen and oxygen atoms in total. The van der Waals surface area contributed by atoms with Gasteiger partial charge < -0.3 is 10.2 Å². The first-order valence-corrected chi connectivity index (χ1v) is 11.6. The Balaban J connectivity index is 1.71. The average Bonchev–Trinajstić information content (AvgIpc) is 3.32. The minimum atomic E-state index is -4.24. The van der Waals surface area contributed by atoms with E-state index in [0.717, 1.165) is 15.6 Å². The maximum Gasteiger partial charge on any atom is 0.245 e. The van der Waals surface area contributed by atoms with Gasteiger partial charge in [-0.1, -0.05) is 24.3 Å². The largest absolute Gasteiger partial charge is 0.325 e. The lowest BCUT2D eigenvalue weighted by atomic mass is 10.1. The number of amides is 2. The predicted molar refractivity (Wildman–Crippen MR) is 115 cm³/mol. The van der Waals surface area contributed by atoms with Gasteiger partial charge in [-0.15, -0.1) is 0 Å². The zero-order valence-electron chi connectivity index (χ0n) is 17.3. The fraction of sp³-hybridized carbons (Fsp3) is 0.364. The number of para-hydroxylation sites is 1. The van der Waals surface area contributed by atoms with E-state index in [4.69, 9.17) is 0 Å². The molecule has 1 N–H and O–H groups in total. The van der Waals surface area contributed by atoms with E-state index in [1.165, 1.54) is 19.1 Å². The molecule has 2 aromatic carbocycles. The molecule has 2 aliphatic rings. The molecule has 2 aliphatic heterocycles. The standard InChI is InChI=1S/C22H24FN3O4S/c1-14-7-8-18(24-15(2)27)21(11-14)31(29,30)26-13-17(23)12-20(26)22(28)25-10-9-16-5-3-4-6-19(16)25/h3-8,11,17,20H,9-10,12-13H2,1-2H3,(H,24,27). The molecule has 1 fully saturated rings. The molecule has 164 valence electrons. The van der Waals surface area contributed by atoms with Crippen LogP contribution in [0.1, 0.15) is 24.5 Å². The maximum atomic E-state index is 14.5. The highest BCUT2D eigenvalue weighted by atomic mass is 32.2. The van der Waals surface area contributed by atoms with Crippen LogP contribution >= 0.6 is 0 Å². The number of aryl methyl sites for hydroxylation is 1. The molecule has 0 radical (unpaired) electrons. The van der Waals surface area contributed by atoms with Gasteiger partial charge in [0.2, 0.25) is 21.8 Å². The Morgan fingerprint density at radius 1 is 1.16 bits per heavy atom. The van der Waals surface area contributed by atoms with Crippen molar-refractivity contribution in [2.24, 2.45) is 0 Å². The zero-order valence-corrected chi connectivity index (χ0v) is 18.2. The van der Waals surface area contributed by atoms with Crippen LogP contribution in [0.25, 0.3) is 0 Å². The van der Waals surface area contributed by atoms with E-state index in [9.17, 15) is 22.4 Å². The molecule has 2 amide bonds. The first-order chi connectivity index (χ1) is 14.7. The Bertz CT molecular complexity index is 1150. The number of anilines is 2. The molecule has 4 rings (SSSR count). The van der Waals surface area contributed by atoms with Gasteiger partial charge in [0.1, 0.15) is 17.1 Å². The van der Waals surface area contributed by atoms with Gasteiger partial charge in [0.15, 0.2) is 0 Å². The van der Waals surface area contributed by atoms with Gasteiger partial charge in [-0.25, -0.2) is 12.8 Å². The third-order valence-corrected chi connectivity index (χ3v) is 7.59. The third-order valence-electron chi connectivity index (χ3n) is 5.68. The van der Waals surface area contributed by atoms with Crippen molar-refractivity contribution in [3.05, 3.63) is 53.6 Å². The molecule has 2 atom stereocenters. The molecule has 9 heteroatoms. The molecule has 0 saturated carbocycles. The van der Waals surface area contributed by atoms with Gasteiger partial charge in [-0.05, 0) is 42.7 Å². The van der Waals surface area contributed by atoms with E-state index >= 15 is 0 Å². The Labute approximate surface area is 180 Å². The smallest absolute Gasteiger partial charge is 0.245 e. The van der Waals surface area contributed by atoms with E-state index in [-0.39, 0.29) is 17.0 Å². The van der Waals surface area contributed by atoms with Crippen molar-refractivity contribution in [2.75, 3.05) is 23.3 Å². The second-order valence-electron chi connectivity index (χ2n) is 7.97. The summed E-state index contributed by atoms with van der Waals surface area (Å²) >= 11 is 0. The van der Waals surface area contributed by atoms with Crippen LogP contribution in [0, 0.1) is 6.92 Å². The Hall–Kier alpha value is -2.78. The molecule has 0 spiro atoms. The number of sulfonamides is 1. The summed E-state index contributed by atoms with van der Waals surface area (Å²) in [7, 11) is -4.24. The number of hydrogen-bond acceptors (Lipinski definition) is 4. The predicted octanol–water partition coefficient (Wildman–Crippen LogP) is 2.64. The molecule has 0 bridgehead atoms. The molecule has 31 heavy (non-hydrogen) atoms. The summed E-state index contributed by atoms with van der Waals surface area (Å²) in [6, 6.07) is 10.9. The van der Waals surface area contributed by atoms with Crippen LogP contribution in [0.4, 0.5) is 15.8 Å². The van der Waals surface area contributed by atoms with E-state index in [1.54, 1.807) is 17.9 Å². The Morgan fingerprint density at radius 2 is 1.90 bits per heavy atom. The van der Waals surface area contributed by atoms with Gasteiger partial charge in [0, 0.05) is 32.1 Å². The fourth-order valence-electron chi connectivity index (χ4n) is 4.26. The minimum absolute atomic E-state index is 0.109. The van der Waals surface area contributed by atoms with E-state index in [2.05, 4.69) is 5.32 Å². The monoisotopic (exact) mass is 445 g/mol. The van der Waals surface area contributed by atoms with Gasteiger partial charge >= 0.3 is 0 Å². The molecular formula is C22H24FN3O4S. The molecule has 0 aromatic heterocycles. The normalized spacial score (nSPS) is 21.2. The molecule has 1 saturated heterocycles. The van der Waals surface area contributed by atoms with Crippen LogP contribution in [0.2, 0.25) is 0 Å². The summed E-state index contributed by atoms with van der Waals surface area (Å²) in [6.07, 6.45) is -0.973. The van der Waals surface area contributed by atoms with Crippen LogP contribution in [-0.2, 0) is 26.0 Å². The quantitative estimate of drug-likeness (QED) is 0.784. The first kappa shape index (κ1) is 21.5. The number of benzene rings is 2. The summed E-state index contributed by atoms with van der Waals surface area (Å²) in [5.41, 5.74) is 2.52. The van der Waals surface area contributed by atoms with Crippen molar-refractivity contribution >= 4 is 33.2 Å². The second-order valence-corrected chi connectivity index (χ2v) is 9.83. The van der Waals surface area contributed by atoms with E-state index in [0.29, 0.717) is 18.5 Å². The highest BCUT2D eigenvalue weighted by molar-refractivity contribution is 7.89. The molecule has 2 heterocycles. The SMILES string of the molecule is CC(=O)Nc1ccc(C)cc1S(=O)(=O)N1CC(F)CC1C(=O)N1CCc2ccccc21. The van der Waals surface area contributed by atoms with Crippen LogP contribution in [-0.4, -0.2) is 49.8 Å². The number of rotatable bonds is 4. The Morgan fingerprint density at radius 3 is 2.65 bits per heavy atom. The lowest BCUT2D eigenvalue weighted by Crippen LogP contribution is -2.47. The summed E-state index contributed by atoms with van der Waals surface area (Å²) in [5.74, 6) is -0.853. The topological polar surface area (TPSA) is 86.8 Å². The highest BCUT2D eigenvalue weighted by Crippen LogP contribution is 2.35. The van der Waals surface area contributed by atoms with Crippen molar-refractivity contribution in [3.8, 4) is 0 Å². The molecule has 0 aliphatic carbocycles. The number of nitrogens with one attached hydrogen (secondary N) is 1. The number of fused-ring (bicyclic) bond motifs is 1. The number of carbonyl (C=O) groups excluding carboxylic acids is 2. The van der Waals surface area contributed by atoms with Crippen molar-refractivity contribution in [1.82, 2.24) is 4.31 Å². The summed E-state index contributed by atoms with van der Waals surface area (Å²) in [4.78, 5) is 26.3. The van der Waals surface area contributed by atoms with Gasteiger partial charge in [0.25, 0.3) is 0 Å². The van der Waals surface area contributed by atoms with E-state index < -0.39 is 40.6 Å². The van der Waals surface area contributed by atoms with Gasteiger partial charge in [-0.2, -0.15) is 4.31 Å². The number of alkyl halides is 1. The van der Waals surface area contributed by atoms with Crippen molar-refractivity contribution in [1.29, 1.82) is 0 Å². The van der Waals surface area contributed by atoms with Gasteiger partial charge in [0.05, 0.1) is 5.69 Å². The Kier molecular flexibility index (Phi) is 5.57. The lowest BCUT2D eigenvalue weighted by molar-refractivity contribution is -0.121. The second kappa shape index (κ2) is 8.05. The van der Waals surface area contributed by atoms with Crippen molar-refractivity contribution in [2.45, 2.75) is 43.8 Å². The average molecular weight is 446 g/mol. The van der Waals surface area contributed by atoms with Crippen molar-refractivity contribution < 1.29 is 22.4 Å². The highest BCUT2D eigenvalue weighted by Gasteiger charge is 2.47. The van der Waals surface area contributed by atoms with E-state index in [1.807, 2.05) is 24.3 Å². The molecule has 2 aromatic rings. The third kappa shape index (κ3) is 3.95. The lowest BCUT2D eigenvalue weighted by Gasteiger charge is -2.28. The van der Waals surface area contributed by atoms with Crippen LogP contribution in [0.15, 0.2) is 47.4 Å².